The van der Waals surface area contributed by atoms with Gasteiger partial charge in [0.05, 0.1) is 28.2 Å². The average molecular weight is 313 g/mol. The van der Waals surface area contributed by atoms with Gasteiger partial charge in [-0.15, -0.1) is 0 Å². The summed E-state index contributed by atoms with van der Waals surface area (Å²) in [7, 11) is 0. The zero-order chi connectivity index (χ0) is 16.4. The Morgan fingerprint density at radius 1 is 1.26 bits per heavy atom. The fraction of sp³-hybridized carbons (Fsp3) is 0.0625. The molecule has 0 fully saturated rings. The normalized spacial score (nSPS) is 10.7. The lowest BCUT2D eigenvalue weighted by Crippen LogP contribution is -2.24. The Morgan fingerprint density at radius 3 is 2.87 bits per heavy atom. The number of aromatic amines is 1. The summed E-state index contributed by atoms with van der Waals surface area (Å²) < 4.78 is 14.3. The van der Waals surface area contributed by atoms with Crippen LogP contribution in [0.4, 0.5) is 4.39 Å². The molecule has 0 unspecified atom stereocenters. The molecule has 2 aromatic carbocycles. The first-order valence-electron chi connectivity index (χ1n) is 6.78. The molecule has 0 atom stereocenters. The molecule has 1 amide bonds. The predicted molar refractivity (Wildman–Crippen MR) is 80.6 cm³/mol. The number of hydrogen-bond donors (Lipinski definition) is 3. The highest BCUT2D eigenvalue weighted by Crippen LogP contribution is 2.19. The second-order valence-corrected chi connectivity index (χ2v) is 4.95. The molecule has 0 spiro atoms. The number of aromatic carboxylic acids is 1. The van der Waals surface area contributed by atoms with Gasteiger partial charge >= 0.3 is 5.97 Å². The summed E-state index contributed by atoms with van der Waals surface area (Å²) in [6.45, 7) is 0.100. The van der Waals surface area contributed by atoms with Crippen molar-refractivity contribution in [2.24, 2.45) is 0 Å². The van der Waals surface area contributed by atoms with Crippen LogP contribution in [0.25, 0.3) is 10.9 Å². The molecule has 1 heterocycles. The number of halogens is 1. The lowest BCUT2D eigenvalue weighted by molar-refractivity contribution is 0.0696. The highest BCUT2D eigenvalue weighted by molar-refractivity contribution is 5.98. The number of nitrogens with zero attached hydrogens (tertiary/aromatic N) is 1. The largest absolute Gasteiger partial charge is 0.478 e. The summed E-state index contributed by atoms with van der Waals surface area (Å²) >= 11 is 0. The van der Waals surface area contributed by atoms with Crippen molar-refractivity contribution in [3.63, 3.8) is 0 Å². The lowest BCUT2D eigenvalue weighted by Gasteiger charge is -2.07. The van der Waals surface area contributed by atoms with Gasteiger partial charge < -0.3 is 10.4 Å². The van der Waals surface area contributed by atoms with Gasteiger partial charge in [0.2, 0.25) is 0 Å². The first-order chi connectivity index (χ1) is 11.1. The molecular weight excluding hydrogens is 301 g/mol. The van der Waals surface area contributed by atoms with Crippen LogP contribution in [0.3, 0.4) is 0 Å². The number of benzene rings is 2. The Labute approximate surface area is 129 Å². The van der Waals surface area contributed by atoms with Crippen LogP contribution in [0.2, 0.25) is 0 Å². The summed E-state index contributed by atoms with van der Waals surface area (Å²) in [5.74, 6) is -2.27. The monoisotopic (exact) mass is 313 g/mol. The quantitative estimate of drug-likeness (QED) is 0.689. The van der Waals surface area contributed by atoms with Crippen molar-refractivity contribution in [1.82, 2.24) is 15.5 Å². The number of fused-ring (bicyclic) bond motifs is 1. The van der Waals surface area contributed by atoms with Crippen molar-refractivity contribution in [2.45, 2.75) is 6.54 Å². The number of carboxylic acids is 1. The van der Waals surface area contributed by atoms with Crippen LogP contribution in [-0.2, 0) is 6.54 Å². The fourth-order valence-electron chi connectivity index (χ4n) is 2.25. The highest BCUT2D eigenvalue weighted by Gasteiger charge is 2.15. The second-order valence-electron chi connectivity index (χ2n) is 4.95. The third kappa shape index (κ3) is 2.89. The van der Waals surface area contributed by atoms with Crippen molar-refractivity contribution in [3.05, 3.63) is 65.1 Å². The molecule has 0 saturated heterocycles. The van der Waals surface area contributed by atoms with E-state index in [9.17, 15) is 14.0 Å². The van der Waals surface area contributed by atoms with Gasteiger partial charge in [-0.3, -0.25) is 9.89 Å². The minimum Gasteiger partial charge on any atom is -0.478 e. The number of hydrogen-bond acceptors (Lipinski definition) is 3. The van der Waals surface area contributed by atoms with E-state index in [1.165, 1.54) is 24.4 Å². The van der Waals surface area contributed by atoms with Crippen LogP contribution < -0.4 is 5.32 Å². The Bertz CT molecular complexity index is 904. The van der Waals surface area contributed by atoms with Crippen LogP contribution in [0.15, 0.2) is 42.6 Å². The van der Waals surface area contributed by atoms with Gasteiger partial charge in [0.15, 0.2) is 0 Å². The molecule has 7 heteroatoms. The van der Waals surface area contributed by atoms with Crippen molar-refractivity contribution in [1.29, 1.82) is 0 Å². The third-order valence-electron chi connectivity index (χ3n) is 3.43. The molecule has 23 heavy (non-hydrogen) atoms. The number of H-pyrrole nitrogens is 1. The maximum Gasteiger partial charge on any atom is 0.335 e. The SMILES string of the molecule is O=C(O)c1cccc(CNC(=O)c2ccc3[nH]ncc3c2F)c1. The van der Waals surface area contributed by atoms with E-state index < -0.39 is 17.7 Å². The van der Waals surface area contributed by atoms with Gasteiger partial charge in [-0.25, -0.2) is 9.18 Å². The lowest BCUT2D eigenvalue weighted by atomic mass is 10.1. The number of amides is 1. The van der Waals surface area contributed by atoms with Gasteiger partial charge in [0, 0.05) is 6.54 Å². The Morgan fingerprint density at radius 2 is 2.09 bits per heavy atom. The topological polar surface area (TPSA) is 95.1 Å². The first-order valence-corrected chi connectivity index (χ1v) is 6.78. The smallest absolute Gasteiger partial charge is 0.335 e. The Kier molecular flexibility index (Phi) is 3.76. The van der Waals surface area contributed by atoms with Crippen LogP contribution in [0, 0.1) is 5.82 Å². The van der Waals surface area contributed by atoms with E-state index in [2.05, 4.69) is 15.5 Å². The average Bonchev–Trinajstić information content (AvgIpc) is 3.03. The molecule has 0 saturated carbocycles. The predicted octanol–water partition coefficient (Wildman–Crippen LogP) is 2.33. The van der Waals surface area contributed by atoms with E-state index in [1.807, 2.05) is 0 Å². The molecule has 0 aliphatic rings. The van der Waals surface area contributed by atoms with Gasteiger partial charge in [-0.2, -0.15) is 5.10 Å². The highest BCUT2D eigenvalue weighted by atomic mass is 19.1. The van der Waals surface area contributed by atoms with Crippen molar-refractivity contribution < 1.29 is 19.1 Å². The standard InChI is InChI=1S/C16H12FN3O3/c17-14-11(4-5-13-12(14)8-19-20-13)15(21)18-7-9-2-1-3-10(6-9)16(22)23/h1-6,8H,7H2,(H,18,21)(H,19,20)(H,22,23). The van der Waals surface area contributed by atoms with Gasteiger partial charge in [0.25, 0.3) is 5.91 Å². The molecular formula is C16H12FN3O3. The van der Waals surface area contributed by atoms with Gasteiger partial charge in [-0.05, 0) is 29.8 Å². The van der Waals surface area contributed by atoms with Crippen molar-refractivity contribution in [3.8, 4) is 0 Å². The second kappa shape index (κ2) is 5.88. The minimum atomic E-state index is -1.05. The van der Waals surface area contributed by atoms with Crippen molar-refractivity contribution in [2.75, 3.05) is 0 Å². The molecule has 0 bridgehead atoms. The zero-order valence-corrected chi connectivity index (χ0v) is 11.8. The maximum absolute atomic E-state index is 14.3. The van der Waals surface area contributed by atoms with E-state index in [4.69, 9.17) is 5.11 Å². The molecule has 3 N–H and O–H groups in total. The minimum absolute atomic E-state index is 0.0895. The van der Waals surface area contributed by atoms with E-state index in [0.29, 0.717) is 11.1 Å². The summed E-state index contributed by atoms with van der Waals surface area (Å²) in [6.07, 6.45) is 1.32. The van der Waals surface area contributed by atoms with Crippen LogP contribution in [0.1, 0.15) is 26.3 Å². The number of rotatable bonds is 4. The number of aromatic nitrogens is 2. The number of nitrogens with one attached hydrogen (secondary N) is 2. The first kappa shape index (κ1) is 14.7. The molecule has 3 aromatic rings. The van der Waals surface area contributed by atoms with Gasteiger partial charge in [0.1, 0.15) is 5.82 Å². The van der Waals surface area contributed by atoms with Crippen molar-refractivity contribution >= 4 is 22.8 Å². The maximum atomic E-state index is 14.3. The molecule has 0 radical (unpaired) electrons. The van der Waals surface area contributed by atoms with E-state index in [1.54, 1.807) is 18.2 Å². The molecule has 0 aliphatic carbocycles. The van der Waals surface area contributed by atoms with E-state index in [0.717, 1.165) is 0 Å². The number of carbonyl (C=O) groups is 2. The van der Waals surface area contributed by atoms with Gasteiger partial charge in [-0.1, -0.05) is 12.1 Å². The Hall–Kier alpha value is -3.22. The molecule has 3 rings (SSSR count). The van der Waals surface area contributed by atoms with Crippen LogP contribution >= 0.6 is 0 Å². The summed E-state index contributed by atoms with van der Waals surface area (Å²) in [6, 6.07) is 9.13. The summed E-state index contributed by atoms with van der Waals surface area (Å²) in [5, 5.41) is 18.1. The van der Waals surface area contributed by atoms with E-state index >= 15 is 0 Å². The third-order valence-corrected chi connectivity index (χ3v) is 3.43. The summed E-state index contributed by atoms with van der Waals surface area (Å²) in [4.78, 5) is 23.0. The Balaban J connectivity index is 1.77. The van der Waals surface area contributed by atoms with E-state index in [-0.39, 0.29) is 23.1 Å². The molecule has 0 aliphatic heterocycles. The molecule has 1 aromatic heterocycles. The summed E-state index contributed by atoms with van der Waals surface area (Å²) in [5.41, 5.74) is 1.16. The molecule has 116 valence electrons. The molecule has 6 nitrogen and oxygen atoms in total. The fourth-order valence-corrected chi connectivity index (χ4v) is 2.25. The zero-order valence-electron chi connectivity index (χ0n) is 11.8. The number of carboxylic acid groups (broad SMARTS) is 1. The number of carbonyl (C=O) groups excluding carboxylic acids is 1. The van der Waals surface area contributed by atoms with Crippen LogP contribution in [-0.4, -0.2) is 27.2 Å². The van der Waals surface area contributed by atoms with Crippen LogP contribution in [0.5, 0.6) is 0 Å².